The molecule has 4 nitrogen and oxygen atoms in total. The van der Waals surface area contributed by atoms with E-state index in [4.69, 9.17) is 0 Å². The van der Waals surface area contributed by atoms with E-state index in [1.165, 1.54) is 6.07 Å². The second-order valence-corrected chi connectivity index (χ2v) is 7.29. The maximum absolute atomic E-state index is 10.4. The zero-order valence-electron chi connectivity index (χ0n) is 13.4. The second kappa shape index (κ2) is 6.56. The molecule has 2 aliphatic rings. The molecule has 4 rings (SSSR count). The molecule has 0 spiro atoms. The molecule has 2 aromatic carbocycles. The van der Waals surface area contributed by atoms with Crippen LogP contribution < -0.4 is 0 Å². The predicted octanol–water partition coefficient (Wildman–Crippen LogP) is 4.25. The van der Waals surface area contributed by atoms with Gasteiger partial charge in [-0.15, -0.1) is 19.0 Å². The molecule has 0 saturated heterocycles. The Bertz CT molecular complexity index is 855. The molecule has 0 amide bonds. The molecule has 0 saturated carbocycles. The Morgan fingerprint density at radius 1 is 1.20 bits per heavy atom. The summed E-state index contributed by atoms with van der Waals surface area (Å²) in [6, 6.07) is 7.01. The molecular weight excluding hydrogens is 406 g/mol. The minimum absolute atomic E-state index is 0. The molecule has 2 aromatic rings. The number of hydrogen-bond acceptors (Lipinski definition) is 4. The number of hydrogen-bond donors (Lipinski definition) is 3. The molecule has 25 heavy (non-hydrogen) atoms. The first kappa shape index (κ1) is 18.1. The third-order valence-electron chi connectivity index (χ3n) is 5.06. The summed E-state index contributed by atoms with van der Waals surface area (Å²) in [5.74, 6) is -0.0675. The van der Waals surface area contributed by atoms with Crippen molar-refractivity contribution in [3.63, 3.8) is 0 Å². The van der Waals surface area contributed by atoms with E-state index in [2.05, 4.69) is 27.4 Å². The normalized spacial score (nSPS) is 19.3. The van der Waals surface area contributed by atoms with Crippen LogP contribution in [-0.4, -0.2) is 31.7 Å². The topological polar surface area (TPSA) is 63.9 Å². The van der Waals surface area contributed by atoms with E-state index in [1.807, 2.05) is 18.2 Å². The molecule has 6 heteroatoms. The van der Waals surface area contributed by atoms with Crippen molar-refractivity contribution in [3.05, 3.63) is 53.6 Å². The van der Waals surface area contributed by atoms with Gasteiger partial charge in [-0.2, -0.15) is 0 Å². The Hall–Kier alpha value is -1.69. The minimum atomic E-state index is -0.138. The lowest BCUT2D eigenvalue weighted by molar-refractivity contribution is 0.190. The number of fused-ring (bicyclic) bond motifs is 2. The fourth-order valence-corrected chi connectivity index (χ4v) is 4.52. The molecule has 132 valence electrons. The van der Waals surface area contributed by atoms with Crippen LogP contribution in [0.25, 0.3) is 11.1 Å². The predicted molar refractivity (Wildman–Crippen MR) is 104 cm³/mol. The van der Waals surface area contributed by atoms with E-state index in [1.54, 1.807) is 6.07 Å². The lowest BCUT2D eigenvalue weighted by Gasteiger charge is -2.43. The fourth-order valence-electron chi connectivity index (χ4n) is 4.03. The van der Waals surface area contributed by atoms with Gasteiger partial charge >= 0.3 is 0 Å². The average Bonchev–Trinajstić information content (AvgIpc) is 2.57. The van der Waals surface area contributed by atoms with Gasteiger partial charge in [0.15, 0.2) is 11.5 Å². The molecule has 2 atom stereocenters. The maximum atomic E-state index is 10.4. The van der Waals surface area contributed by atoms with Crippen LogP contribution in [0.5, 0.6) is 17.2 Å². The zero-order valence-corrected chi connectivity index (χ0v) is 15.8. The van der Waals surface area contributed by atoms with E-state index in [9.17, 15) is 15.3 Å². The van der Waals surface area contributed by atoms with Crippen LogP contribution in [0.1, 0.15) is 22.7 Å². The minimum Gasteiger partial charge on any atom is -0.508 e. The highest BCUT2D eigenvalue weighted by molar-refractivity contribution is 9.09. The van der Waals surface area contributed by atoms with Crippen molar-refractivity contribution in [2.24, 2.45) is 0 Å². The molecule has 0 aromatic heterocycles. The summed E-state index contributed by atoms with van der Waals surface area (Å²) >= 11 is 3.67. The number of phenolic OH excluding ortho intramolecular Hbond substituents is 3. The Kier molecular flexibility index (Phi) is 4.75. The standard InChI is InChI=1S/C19H18BrNO3.ClH/c1-2-16(20)21-6-5-11-7-12(22)9-13-17(11)14(21)8-10-3-4-15(23)19(24)18(10)13;/h2-4,7,9,14,16,22-24H,1,5-6,8H2;1H. The van der Waals surface area contributed by atoms with Gasteiger partial charge in [0.05, 0.1) is 4.95 Å². The van der Waals surface area contributed by atoms with Crippen molar-refractivity contribution < 1.29 is 15.3 Å². The SMILES string of the molecule is C=CC(Br)N1CCc2cc(O)cc3c2C1Cc1ccc(O)c(O)c1-3.Cl. The first-order valence-corrected chi connectivity index (χ1v) is 8.85. The largest absolute Gasteiger partial charge is 0.508 e. The van der Waals surface area contributed by atoms with Gasteiger partial charge in [-0.1, -0.05) is 28.1 Å². The van der Waals surface area contributed by atoms with Crippen LogP contribution in [0.2, 0.25) is 0 Å². The number of phenols is 3. The monoisotopic (exact) mass is 423 g/mol. The van der Waals surface area contributed by atoms with Gasteiger partial charge in [0, 0.05) is 18.2 Å². The summed E-state index contributed by atoms with van der Waals surface area (Å²) in [5.41, 5.74) is 4.63. The van der Waals surface area contributed by atoms with Crippen LogP contribution in [0.4, 0.5) is 0 Å². The zero-order chi connectivity index (χ0) is 17.0. The van der Waals surface area contributed by atoms with E-state index in [0.29, 0.717) is 5.56 Å². The Morgan fingerprint density at radius 2 is 1.96 bits per heavy atom. The fraction of sp³-hybridized carbons (Fsp3) is 0.263. The first-order chi connectivity index (χ1) is 11.5. The quantitative estimate of drug-likeness (QED) is 0.292. The number of rotatable bonds is 2. The maximum Gasteiger partial charge on any atom is 0.165 e. The average molecular weight is 425 g/mol. The molecular formula is C19H19BrClNO3. The highest BCUT2D eigenvalue weighted by Crippen LogP contribution is 2.51. The molecule has 1 aliphatic carbocycles. The number of nitrogens with zero attached hydrogens (tertiary/aromatic N) is 1. The van der Waals surface area contributed by atoms with Gasteiger partial charge in [0.2, 0.25) is 0 Å². The number of alkyl halides is 1. The van der Waals surface area contributed by atoms with Crippen LogP contribution >= 0.6 is 28.3 Å². The number of halogens is 2. The Balaban J connectivity index is 0.00000182. The second-order valence-electron chi connectivity index (χ2n) is 6.35. The van der Waals surface area contributed by atoms with Crippen molar-refractivity contribution in [1.29, 1.82) is 0 Å². The van der Waals surface area contributed by atoms with E-state index in [0.717, 1.165) is 41.6 Å². The Labute approximate surface area is 161 Å². The summed E-state index contributed by atoms with van der Waals surface area (Å²) in [7, 11) is 0. The third kappa shape index (κ3) is 2.71. The molecule has 3 N–H and O–H groups in total. The Morgan fingerprint density at radius 3 is 2.68 bits per heavy atom. The molecule has 0 bridgehead atoms. The molecule has 1 heterocycles. The summed E-state index contributed by atoms with van der Waals surface area (Å²) in [6.07, 6.45) is 3.43. The van der Waals surface area contributed by atoms with E-state index < -0.39 is 0 Å². The molecule has 0 fully saturated rings. The highest BCUT2D eigenvalue weighted by Gasteiger charge is 2.37. The van der Waals surface area contributed by atoms with Crippen molar-refractivity contribution in [1.82, 2.24) is 4.90 Å². The van der Waals surface area contributed by atoms with Crippen molar-refractivity contribution in [2.45, 2.75) is 23.8 Å². The highest BCUT2D eigenvalue weighted by atomic mass is 79.9. The smallest absolute Gasteiger partial charge is 0.165 e. The summed E-state index contributed by atoms with van der Waals surface area (Å²) < 4.78 is 0. The van der Waals surface area contributed by atoms with Gasteiger partial charge < -0.3 is 15.3 Å². The van der Waals surface area contributed by atoms with Gasteiger partial charge in [0.1, 0.15) is 5.75 Å². The molecule has 0 radical (unpaired) electrons. The van der Waals surface area contributed by atoms with Gasteiger partial charge in [0.25, 0.3) is 0 Å². The van der Waals surface area contributed by atoms with Gasteiger partial charge in [-0.25, -0.2) is 0 Å². The van der Waals surface area contributed by atoms with Crippen LogP contribution in [-0.2, 0) is 12.8 Å². The van der Waals surface area contributed by atoms with Crippen molar-refractivity contribution >= 4 is 28.3 Å². The number of benzene rings is 2. The van der Waals surface area contributed by atoms with Crippen LogP contribution in [0.15, 0.2) is 36.9 Å². The first-order valence-electron chi connectivity index (χ1n) is 7.93. The van der Waals surface area contributed by atoms with Crippen LogP contribution in [0.3, 0.4) is 0 Å². The van der Waals surface area contributed by atoms with Crippen molar-refractivity contribution in [2.75, 3.05) is 6.54 Å². The summed E-state index contributed by atoms with van der Waals surface area (Å²) in [4.78, 5) is 2.40. The molecule has 2 unspecified atom stereocenters. The summed E-state index contributed by atoms with van der Waals surface area (Å²) in [6.45, 7) is 4.75. The lowest BCUT2D eigenvalue weighted by Crippen LogP contribution is -2.41. The van der Waals surface area contributed by atoms with E-state index >= 15 is 0 Å². The van der Waals surface area contributed by atoms with Crippen molar-refractivity contribution in [3.8, 4) is 28.4 Å². The van der Waals surface area contributed by atoms with Gasteiger partial charge in [-0.3, -0.25) is 4.90 Å². The molecule has 1 aliphatic heterocycles. The third-order valence-corrected chi connectivity index (χ3v) is 5.96. The lowest BCUT2D eigenvalue weighted by atomic mass is 9.76. The summed E-state index contributed by atoms with van der Waals surface area (Å²) in [5, 5.41) is 30.4. The van der Waals surface area contributed by atoms with Gasteiger partial charge in [-0.05, 0) is 53.3 Å². The van der Waals surface area contributed by atoms with E-state index in [-0.39, 0.29) is 40.6 Å². The number of aromatic hydroxyl groups is 3. The van der Waals surface area contributed by atoms with Crippen LogP contribution in [0, 0.1) is 0 Å².